The number of amides is 1. The molecule has 1 aliphatic rings. The minimum Gasteiger partial charge on any atom is -0.484 e. The molecule has 0 bridgehead atoms. The van der Waals surface area contributed by atoms with E-state index in [0.29, 0.717) is 24.0 Å². The lowest BCUT2D eigenvalue weighted by Gasteiger charge is -2.36. The standard InChI is InChI=1S/C23H27N5O3/c1-16-13-20(31-26-16)18-14-24-23(27(2)3)25-22(18)19-11-7-8-12-28(19)21(29)15-30-17-9-5-4-6-10-17/h4-6,9-10,13-14,19H,7-8,11-12,15H2,1-3H3/t19-/m1/s1. The van der Waals surface area contributed by atoms with Gasteiger partial charge in [0.15, 0.2) is 12.4 Å². The first-order chi connectivity index (χ1) is 15.0. The second-order valence-corrected chi connectivity index (χ2v) is 7.90. The Labute approximate surface area is 181 Å². The van der Waals surface area contributed by atoms with Gasteiger partial charge in [0.25, 0.3) is 5.91 Å². The van der Waals surface area contributed by atoms with Crippen LogP contribution in [0.4, 0.5) is 5.95 Å². The quantitative estimate of drug-likeness (QED) is 0.601. The Bertz CT molecular complexity index is 1030. The number of para-hydroxylation sites is 1. The summed E-state index contributed by atoms with van der Waals surface area (Å²) in [5.41, 5.74) is 2.33. The van der Waals surface area contributed by atoms with E-state index >= 15 is 0 Å². The molecule has 4 rings (SSSR count). The number of rotatable bonds is 6. The second-order valence-electron chi connectivity index (χ2n) is 7.90. The molecule has 1 atom stereocenters. The first kappa shape index (κ1) is 20.8. The highest BCUT2D eigenvalue weighted by atomic mass is 16.5. The molecular formula is C23H27N5O3. The maximum absolute atomic E-state index is 13.1. The van der Waals surface area contributed by atoms with E-state index in [2.05, 4.69) is 10.1 Å². The molecule has 0 aliphatic carbocycles. The number of ether oxygens (including phenoxy) is 1. The fraction of sp³-hybridized carbons (Fsp3) is 0.391. The first-order valence-electron chi connectivity index (χ1n) is 10.5. The lowest BCUT2D eigenvalue weighted by atomic mass is 9.95. The number of hydrogen-bond acceptors (Lipinski definition) is 7. The number of carbonyl (C=O) groups is 1. The van der Waals surface area contributed by atoms with E-state index < -0.39 is 0 Å². The highest BCUT2D eigenvalue weighted by Crippen LogP contribution is 2.36. The summed E-state index contributed by atoms with van der Waals surface area (Å²) in [5.74, 6) is 1.82. The Kier molecular flexibility index (Phi) is 6.16. The Morgan fingerprint density at radius 2 is 2.06 bits per heavy atom. The molecule has 1 amide bonds. The summed E-state index contributed by atoms with van der Waals surface area (Å²) in [5, 5.41) is 4.01. The fourth-order valence-corrected chi connectivity index (χ4v) is 3.79. The largest absolute Gasteiger partial charge is 0.484 e. The van der Waals surface area contributed by atoms with Crippen molar-refractivity contribution >= 4 is 11.9 Å². The molecule has 31 heavy (non-hydrogen) atoms. The van der Waals surface area contributed by atoms with Crippen LogP contribution in [0, 0.1) is 6.92 Å². The van der Waals surface area contributed by atoms with Crippen molar-refractivity contribution in [2.75, 3.05) is 32.1 Å². The SMILES string of the molecule is Cc1cc(-c2cnc(N(C)C)nc2[C@H]2CCCCN2C(=O)COc2ccccc2)on1. The number of carbonyl (C=O) groups excluding carboxylic acids is 1. The van der Waals surface area contributed by atoms with Gasteiger partial charge in [-0.05, 0) is 38.3 Å². The number of hydrogen-bond donors (Lipinski definition) is 0. The molecule has 0 radical (unpaired) electrons. The van der Waals surface area contributed by atoms with E-state index in [1.165, 1.54) is 0 Å². The average Bonchev–Trinajstić information content (AvgIpc) is 3.23. The van der Waals surface area contributed by atoms with E-state index in [4.69, 9.17) is 14.2 Å². The van der Waals surface area contributed by atoms with Gasteiger partial charge in [-0.1, -0.05) is 23.4 Å². The molecule has 0 spiro atoms. The van der Waals surface area contributed by atoms with Crippen molar-refractivity contribution in [2.24, 2.45) is 0 Å². The number of aromatic nitrogens is 3. The summed E-state index contributed by atoms with van der Waals surface area (Å²) in [6.45, 7) is 2.53. The third kappa shape index (κ3) is 4.68. The second kappa shape index (κ2) is 9.16. The van der Waals surface area contributed by atoms with Gasteiger partial charge in [-0.2, -0.15) is 0 Å². The van der Waals surface area contributed by atoms with Gasteiger partial charge in [0.1, 0.15) is 5.75 Å². The number of piperidine rings is 1. The summed E-state index contributed by atoms with van der Waals surface area (Å²) < 4.78 is 11.2. The monoisotopic (exact) mass is 421 g/mol. The van der Waals surface area contributed by atoms with Crippen LogP contribution in [-0.2, 0) is 4.79 Å². The fourth-order valence-electron chi connectivity index (χ4n) is 3.79. The van der Waals surface area contributed by atoms with Crippen molar-refractivity contribution in [3.05, 3.63) is 54.0 Å². The topological polar surface area (TPSA) is 84.6 Å². The zero-order chi connectivity index (χ0) is 21.8. The molecule has 3 aromatic rings. The molecule has 8 heteroatoms. The van der Waals surface area contributed by atoms with Crippen molar-refractivity contribution < 1.29 is 14.1 Å². The normalized spacial score (nSPS) is 16.2. The molecule has 0 N–H and O–H groups in total. The summed E-state index contributed by atoms with van der Waals surface area (Å²) in [6, 6.07) is 11.1. The third-order valence-corrected chi connectivity index (χ3v) is 5.34. The zero-order valence-electron chi connectivity index (χ0n) is 18.1. The Balaban J connectivity index is 1.64. The summed E-state index contributed by atoms with van der Waals surface area (Å²) in [4.78, 5) is 26.2. The predicted molar refractivity (Wildman–Crippen MR) is 117 cm³/mol. The molecule has 8 nitrogen and oxygen atoms in total. The van der Waals surface area contributed by atoms with Gasteiger partial charge in [-0.3, -0.25) is 4.79 Å². The van der Waals surface area contributed by atoms with Gasteiger partial charge in [-0.15, -0.1) is 0 Å². The van der Waals surface area contributed by atoms with Gasteiger partial charge in [0.2, 0.25) is 5.95 Å². The van der Waals surface area contributed by atoms with Crippen molar-refractivity contribution in [1.29, 1.82) is 0 Å². The van der Waals surface area contributed by atoms with E-state index in [0.717, 1.165) is 36.2 Å². The smallest absolute Gasteiger partial charge is 0.261 e. The average molecular weight is 422 g/mol. The molecule has 0 unspecified atom stereocenters. The number of likely N-dealkylation sites (tertiary alicyclic amines) is 1. The van der Waals surface area contributed by atoms with Crippen molar-refractivity contribution in [3.8, 4) is 17.1 Å². The minimum atomic E-state index is -0.178. The molecule has 1 fully saturated rings. The molecule has 1 aliphatic heterocycles. The summed E-state index contributed by atoms with van der Waals surface area (Å²) in [6.07, 6.45) is 4.55. The van der Waals surface area contributed by atoms with Crippen LogP contribution in [0.5, 0.6) is 5.75 Å². The zero-order valence-corrected chi connectivity index (χ0v) is 18.1. The lowest BCUT2D eigenvalue weighted by Crippen LogP contribution is -2.41. The van der Waals surface area contributed by atoms with Gasteiger partial charge in [0, 0.05) is 32.9 Å². The van der Waals surface area contributed by atoms with Gasteiger partial charge >= 0.3 is 0 Å². The van der Waals surface area contributed by atoms with E-state index in [-0.39, 0.29) is 18.6 Å². The molecular weight excluding hydrogens is 394 g/mol. The third-order valence-electron chi connectivity index (χ3n) is 5.34. The van der Waals surface area contributed by atoms with Crippen LogP contribution in [0.15, 0.2) is 47.1 Å². The molecule has 2 aromatic heterocycles. The molecule has 0 saturated carbocycles. The van der Waals surface area contributed by atoms with E-state index in [1.807, 2.05) is 67.2 Å². The summed E-state index contributed by atoms with van der Waals surface area (Å²) >= 11 is 0. The number of nitrogens with zero attached hydrogens (tertiary/aromatic N) is 5. The Morgan fingerprint density at radius 3 is 2.77 bits per heavy atom. The van der Waals surface area contributed by atoms with Crippen molar-refractivity contribution in [3.63, 3.8) is 0 Å². The van der Waals surface area contributed by atoms with Crippen LogP contribution in [0.3, 0.4) is 0 Å². The number of benzene rings is 1. The van der Waals surface area contributed by atoms with E-state index in [1.54, 1.807) is 6.20 Å². The molecule has 162 valence electrons. The van der Waals surface area contributed by atoms with Crippen LogP contribution in [0.25, 0.3) is 11.3 Å². The van der Waals surface area contributed by atoms with Crippen LogP contribution in [0.2, 0.25) is 0 Å². The first-order valence-corrected chi connectivity index (χ1v) is 10.5. The van der Waals surface area contributed by atoms with Gasteiger partial charge in [-0.25, -0.2) is 9.97 Å². The molecule has 1 saturated heterocycles. The Morgan fingerprint density at radius 1 is 1.26 bits per heavy atom. The van der Waals surface area contributed by atoms with Crippen LogP contribution in [0.1, 0.15) is 36.7 Å². The van der Waals surface area contributed by atoms with Crippen LogP contribution < -0.4 is 9.64 Å². The molecule has 1 aromatic carbocycles. The predicted octanol–water partition coefficient (Wildman–Crippen LogP) is 3.64. The van der Waals surface area contributed by atoms with Gasteiger partial charge < -0.3 is 19.1 Å². The number of aryl methyl sites for hydroxylation is 1. The minimum absolute atomic E-state index is 0.0110. The lowest BCUT2D eigenvalue weighted by molar-refractivity contribution is -0.137. The van der Waals surface area contributed by atoms with Crippen LogP contribution >= 0.6 is 0 Å². The molecule has 3 heterocycles. The van der Waals surface area contributed by atoms with Crippen molar-refractivity contribution in [2.45, 2.75) is 32.2 Å². The maximum Gasteiger partial charge on any atom is 0.261 e. The highest BCUT2D eigenvalue weighted by Gasteiger charge is 2.32. The number of anilines is 1. The van der Waals surface area contributed by atoms with E-state index in [9.17, 15) is 4.79 Å². The highest BCUT2D eigenvalue weighted by molar-refractivity contribution is 5.79. The van der Waals surface area contributed by atoms with Gasteiger partial charge in [0.05, 0.1) is 23.0 Å². The van der Waals surface area contributed by atoms with Crippen LogP contribution in [-0.4, -0.2) is 53.2 Å². The Hall–Kier alpha value is -3.42. The van der Waals surface area contributed by atoms with Crippen molar-refractivity contribution in [1.82, 2.24) is 20.0 Å². The summed E-state index contributed by atoms with van der Waals surface area (Å²) in [7, 11) is 3.80. The maximum atomic E-state index is 13.1.